The number of aromatic nitrogens is 1. The Kier molecular flexibility index (Phi) is 5.09. The molecule has 31 heavy (non-hydrogen) atoms. The van der Waals surface area contributed by atoms with E-state index in [1.165, 1.54) is 16.7 Å². The van der Waals surface area contributed by atoms with Crippen LogP contribution in [0.4, 0.5) is 5.69 Å². The maximum Gasteiger partial charge on any atom is 0.344 e. The van der Waals surface area contributed by atoms with Crippen molar-refractivity contribution in [2.24, 2.45) is 7.05 Å². The Labute approximate surface area is 177 Å². The fourth-order valence-corrected chi connectivity index (χ4v) is 3.81. The largest absolute Gasteiger partial charge is 0.465 e. The number of ether oxygens (including phenoxy) is 1. The SMILES string of the molecule is COC(=O)c1cc2c(-c3ccccc3)c(=O)n(C)c(-c3ccccc3)c2cc1[N+](=O)[O-]. The summed E-state index contributed by atoms with van der Waals surface area (Å²) in [5.41, 5.74) is 1.41. The molecule has 0 N–H and O–H groups in total. The second-order valence-electron chi connectivity index (χ2n) is 6.98. The quantitative estimate of drug-likeness (QED) is 0.277. The van der Waals surface area contributed by atoms with Gasteiger partial charge in [0.2, 0.25) is 0 Å². The van der Waals surface area contributed by atoms with Crippen molar-refractivity contribution < 1.29 is 14.5 Å². The van der Waals surface area contributed by atoms with Gasteiger partial charge in [-0.2, -0.15) is 0 Å². The van der Waals surface area contributed by atoms with Gasteiger partial charge in [-0.3, -0.25) is 14.9 Å². The van der Waals surface area contributed by atoms with Crippen LogP contribution in [-0.2, 0) is 11.8 Å². The number of esters is 1. The Hall–Kier alpha value is -4.26. The molecule has 7 nitrogen and oxygen atoms in total. The highest BCUT2D eigenvalue weighted by molar-refractivity contribution is 6.08. The molecule has 4 aromatic rings. The fourth-order valence-electron chi connectivity index (χ4n) is 3.81. The molecule has 0 unspecified atom stereocenters. The van der Waals surface area contributed by atoms with Crippen LogP contribution in [0.2, 0.25) is 0 Å². The van der Waals surface area contributed by atoms with Gasteiger partial charge < -0.3 is 9.30 Å². The summed E-state index contributed by atoms with van der Waals surface area (Å²) in [5, 5.41) is 12.7. The van der Waals surface area contributed by atoms with E-state index in [-0.39, 0.29) is 16.8 Å². The van der Waals surface area contributed by atoms with Crippen molar-refractivity contribution in [1.82, 2.24) is 4.57 Å². The molecule has 1 heterocycles. The number of fused-ring (bicyclic) bond motifs is 1. The third kappa shape index (κ3) is 3.36. The number of carbonyl (C=O) groups is 1. The molecule has 0 fully saturated rings. The molecule has 0 saturated carbocycles. The Morgan fingerprint density at radius 2 is 1.52 bits per heavy atom. The van der Waals surface area contributed by atoms with Crippen molar-refractivity contribution in [2.75, 3.05) is 7.11 Å². The summed E-state index contributed by atoms with van der Waals surface area (Å²) in [4.78, 5) is 36.9. The van der Waals surface area contributed by atoms with Gasteiger partial charge in [-0.25, -0.2) is 4.79 Å². The molecule has 4 rings (SSSR count). The van der Waals surface area contributed by atoms with Crippen molar-refractivity contribution in [3.8, 4) is 22.4 Å². The van der Waals surface area contributed by atoms with Crippen LogP contribution in [0.1, 0.15) is 10.4 Å². The second kappa shape index (κ2) is 7.87. The van der Waals surface area contributed by atoms with E-state index in [1.54, 1.807) is 31.3 Å². The minimum Gasteiger partial charge on any atom is -0.465 e. The minimum absolute atomic E-state index is 0.204. The first kappa shape index (κ1) is 20.0. The first-order chi connectivity index (χ1) is 14.9. The summed E-state index contributed by atoms with van der Waals surface area (Å²) in [7, 11) is 2.80. The number of nitrogens with zero attached hydrogens (tertiary/aromatic N) is 2. The van der Waals surface area contributed by atoms with Gasteiger partial charge >= 0.3 is 5.97 Å². The van der Waals surface area contributed by atoms with E-state index in [1.807, 2.05) is 36.4 Å². The Morgan fingerprint density at radius 3 is 2.06 bits per heavy atom. The normalized spacial score (nSPS) is 10.8. The molecule has 0 aliphatic heterocycles. The zero-order valence-electron chi connectivity index (χ0n) is 16.9. The van der Waals surface area contributed by atoms with Crippen molar-refractivity contribution in [3.05, 3.63) is 98.8 Å². The van der Waals surface area contributed by atoms with Crippen LogP contribution in [0, 0.1) is 10.1 Å². The molecule has 0 saturated heterocycles. The summed E-state index contributed by atoms with van der Waals surface area (Å²) in [6, 6.07) is 20.9. The second-order valence-corrected chi connectivity index (χ2v) is 6.98. The average Bonchev–Trinajstić information content (AvgIpc) is 2.80. The first-order valence-electron chi connectivity index (χ1n) is 9.48. The van der Waals surface area contributed by atoms with E-state index >= 15 is 0 Å². The molecule has 0 amide bonds. The van der Waals surface area contributed by atoms with Gasteiger partial charge in [0.1, 0.15) is 5.56 Å². The number of hydrogen-bond acceptors (Lipinski definition) is 5. The molecule has 0 atom stereocenters. The summed E-state index contributed by atoms with van der Waals surface area (Å²) in [6.07, 6.45) is 0. The van der Waals surface area contributed by atoms with Gasteiger partial charge in [-0.05, 0) is 22.6 Å². The Bertz CT molecular complexity index is 1380. The number of hydrogen-bond donors (Lipinski definition) is 0. The number of carbonyl (C=O) groups excluding carboxylic acids is 1. The van der Waals surface area contributed by atoms with E-state index in [9.17, 15) is 19.7 Å². The molecular weight excluding hydrogens is 396 g/mol. The molecule has 0 spiro atoms. The predicted molar refractivity (Wildman–Crippen MR) is 118 cm³/mol. The molecule has 7 heteroatoms. The topological polar surface area (TPSA) is 91.4 Å². The van der Waals surface area contributed by atoms with E-state index in [0.717, 1.165) is 12.7 Å². The number of nitro groups is 1. The summed E-state index contributed by atoms with van der Waals surface area (Å²) in [5.74, 6) is -0.838. The first-order valence-corrected chi connectivity index (χ1v) is 9.48. The van der Waals surface area contributed by atoms with Crippen molar-refractivity contribution >= 4 is 22.4 Å². The van der Waals surface area contributed by atoms with Gasteiger partial charge in [-0.15, -0.1) is 0 Å². The van der Waals surface area contributed by atoms with E-state index in [0.29, 0.717) is 27.6 Å². The lowest BCUT2D eigenvalue weighted by Crippen LogP contribution is -2.21. The van der Waals surface area contributed by atoms with Crippen LogP contribution < -0.4 is 5.56 Å². The van der Waals surface area contributed by atoms with Crippen LogP contribution in [0.5, 0.6) is 0 Å². The lowest BCUT2D eigenvalue weighted by atomic mass is 9.94. The van der Waals surface area contributed by atoms with E-state index < -0.39 is 10.9 Å². The van der Waals surface area contributed by atoms with Gasteiger partial charge in [-0.1, -0.05) is 60.7 Å². The van der Waals surface area contributed by atoms with Crippen molar-refractivity contribution in [1.29, 1.82) is 0 Å². The molecular formula is C24H18N2O5. The summed E-state index contributed by atoms with van der Waals surface area (Å²) < 4.78 is 6.25. The Balaban J connectivity index is 2.25. The molecule has 0 radical (unpaired) electrons. The molecule has 1 aromatic heterocycles. The summed E-state index contributed by atoms with van der Waals surface area (Å²) in [6.45, 7) is 0. The number of nitro benzene ring substituents is 1. The summed E-state index contributed by atoms with van der Waals surface area (Å²) >= 11 is 0. The monoisotopic (exact) mass is 414 g/mol. The van der Waals surface area contributed by atoms with E-state index in [2.05, 4.69) is 0 Å². The predicted octanol–water partition coefficient (Wildman–Crippen LogP) is 4.57. The molecule has 0 aliphatic carbocycles. The highest BCUT2D eigenvalue weighted by atomic mass is 16.6. The highest BCUT2D eigenvalue weighted by Crippen LogP contribution is 2.37. The number of methoxy groups -OCH3 is 1. The zero-order valence-corrected chi connectivity index (χ0v) is 16.9. The lowest BCUT2D eigenvalue weighted by Gasteiger charge is -2.17. The van der Waals surface area contributed by atoms with Crippen molar-refractivity contribution in [2.45, 2.75) is 0 Å². The van der Waals surface area contributed by atoms with Crippen LogP contribution in [0.25, 0.3) is 33.2 Å². The highest BCUT2D eigenvalue weighted by Gasteiger charge is 2.26. The lowest BCUT2D eigenvalue weighted by molar-refractivity contribution is -0.385. The van der Waals surface area contributed by atoms with Gasteiger partial charge in [0.15, 0.2) is 0 Å². The zero-order chi connectivity index (χ0) is 22.1. The van der Waals surface area contributed by atoms with Crippen molar-refractivity contribution in [3.63, 3.8) is 0 Å². The third-order valence-corrected chi connectivity index (χ3v) is 5.23. The fraction of sp³-hybridized carbons (Fsp3) is 0.0833. The molecule has 0 aliphatic rings. The van der Waals surface area contributed by atoms with Gasteiger partial charge in [0.05, 0.1) is 23.3 Å². The Morgan fingerprint density at radius 1 is 0.935 bits per heavy atom. The van der Waals surface area contributed by atoms with Crippen LogP contribution in [0.15, 0.2) is 77.6 Å². The molecule has 0 bridgehead atoms. The standard InChI is InChI=1S/C24H18N2O5/c1-25-22(16-11-7-4-8-12-16)18-14-20(26(29)30)19(24(28)31-2)13-17(18)21(23(25)27)15-9-5-3-6-10-15/h3-14H,1-2H3. The van der Waals surface area contributed by atoms with Crippen LogP contribution in [-0.4, -0.2) is 22.6 Å². The number of benzene rings is 3. The minimum atomic E-state index is -0.838. The number of pyridine rings is 1. The smallest absolute Gasteiger partial charge is 0.344 e. The molecule has 154 valence electrons. The average molecular weight is 414 g/mol. The van der Waals surface area contributed by atoms with E-state index in [4.69, 9.17) is 4.74 Å². The van der Waals surface area contributed by atoms with Crippen LogP contribution >= 0.6 is 0 Å². The van der Waals surface area contributed by atoms with Gasteiger partial charge in [0.25, 0.3) is 11.2 Å². The third-order valence-electron chi connectivity index (χ3n) is 5.23. The maximum atomic E-state index is 13.5. The maximum absolute atomic E-state index is 13.5. The molecule has 3 aromatic carbocycles. The van der Waals surface area contributed by atoms with Crippen LogP contribution in [0.3, 0.4) is 0 Å². The number of rotatable bonds is 4. The van der Waals surface area contributed by atoms with Gasteiger partial charge in [0, 0.05) is 18.5 Å².